The lowest BCUT2D eigenvalue weighted by atomic mass is 10.3. The predicted molar refractivity (Wildman–Crippen MR) is 87.4 cm³/mol. The van der Waals surface area contributed by atoms with Crippen LogP contribution in [0.1, 0.15) is 0 Å². The molecule has 0 saturated carbocycles. The highest BCUT2D eigenvalue weighted by molar-refractivity contribution is 6.34. The van der Waals surface area contributed by atoms with Crippen LogP contribution in [0.15, 0.2) is 35.3 Å². The summed E-state index contributed by atoms with van der Waals surface area (Å²) in [5.41, 5.74) is -0.00838. The lowest BCUT2D eigenvalue weighted by Crippen LogP contribution is -2.27. The van der Waals surface area contributed by atoms with Crippen LogP contribution in [0.25, 0.3) is 0 Å². The van der Waals surface area contributed by atoms with Crippen molar-refractivity contribution < 1.29 is 9.53 Å². The Bertz CT molecular complexity index is 774. The van der Waals surface area contributed by atoms with Gasteiger partial charge in [-0.05, 0) is 24.3 Å². The molecule has 22 heavy (non-hydrogen) atoms. The SMILES string of the molecule is COc1ccc(NC(=O)Cn2cc(Cl)cc(Cl)c2=O)cc1Cl. The van der Waals surface area contributed by atoms with Gasteiger partial charge >= 0.3 is 0 Å². The van der Waals surface area contributed by atoms with Crippen LogP contribution in [-0.2, 0) is 11.3 Å². The maximum atomic E-state index is 12.0. The maximum Gasteiger partial charge on any atom is 0.269 e. The average molecular weight is 362 g/mol. The van der Waals surface area contributed by atoms with Gasteiger partial charge in [0.15, 0.2) is 0 Å². The third kappa shape index (κ3) is 3.94. The number of hydrogen-bond donors (Lipinski definition) is 1. The largest absolute Gasteiger partial charge is 0.495 e. The van der Waals surface area contributed by atoms with Crippen molar-refractivity contribution in [1.82, 2.24) is 4.57 Å². The maximum absolute atomic E-state index is 12.0. The molecule has 0 saturated heterocycles. The second-order valence-electron chi connectivity index (χ2n) is 4.34. The van der Waals surface area contributed by atoms with Crippen LogP contribution in [0.2, 0.25) is 15.1 Å². The number of nitrogens with one attached hydrogen (secondary N) is 1. The number of halogens is 3. The Kier molecular flexibility index (Phi) is 5.34. The molecule has 1 aromatic carbocycles. The summed E-state index contributed by atoms with van der Waals surface area (Å²) in [5.74, 6) is 0.0826. The van der Waals surface area contributed by atoms with Crippen LogP contribution in [0.5, 0.6) is 5.75 Å². The van der Waals surface area contributed by atoms with Gasteiger partial charge in [-0.1, -0.05) is 34.8 Å². The van der Waals surface area contributed by atoms with Crippen LogP contribution < -0.4 is 15.6 Å². The third-order valence-corrected chi connectivity index (χ3v) is 3.53. The van der Waals surface area contributed by atoms with Gasteiger partial charge < -0.3 is 14.6 Å². The van der Waals surface area contributed by atoms with Crippen LogP contribution in [-0.4, -0.2) is 17.6 Å². The van der Waals surface area contributed by atoms with E-state index in [9.17, 15) is 9.59 Å². The summed E-state index contributed by atoms with van der Waals surface area (Å²) < 4.78 is 6.15. The summed E-state index contributed by atoms with van der Waals surface area (Å²) in [6.45, 7) is -0.219. The zero-order valence-electron chi connectivity index (χ0n) is 11.4. The molecule has 2 rings (SSSR count). The highest BCUT2D eigenvalue weighted by Gasteiger charge is 2.10. The summed E-state index contributed by atoms with van der Waals surface area (Å²) >= 11 is 17.5. The number of aromatic nitrogens is 1. The second-order valence-corrected chi connectivity index (χ2v) is 5.59. The third-order valence-electron chi connectivity index (χ3n) is 2.76. The molecule has 1 N–H and O–H groups in total. The van der Waals surface area contributed by atoms with E-state index >= 15 is 0 Å². The van der Waals surface area contributed by atoms with E-state index in [1.54, 1.807) is 18.2 Å². The second kappa shape index (κ2) is 7.05. The average Bonchev–Trinajstić information content (AvgIpc) is 2.44. The minimum atomic E-state index is -0.492. The summed E-state index contributed by atoms with van der Waals surface area (Å²) in [6, 6.07) is 6.13. The van der Waals surface area contributed by atoms with Crippen molar-refractivity contribution in [2.24, 2.45) is 0 Å². The van der Waals surface area contributed by atoms with Crippen molar-refractivity contribution in [1.29, 1.82) is 0 Å². The number of ether oxygens (including phenoxy) is 1. The van der Waals surface area contributed by atoms with Gasteiger partial charge in [0.1, 0.15) is 17.3 Å². The van der Waals surface area contributed by atoms with Crippen LogP contribution in [0.4, 0.5) is 5.69 Å². The predicted octanol–water partition coefficient (Wildman–Crippen LogP) is 3.46. The lowest BCUT2D eigenvalue weighted by Gasteiger charge is -2.10. The van der Waals surface area contributed by atoms with E-state index in [0.29, 0.717) is 16.5 Å². The van der Waals surface area contributed by atoms with Gasteiger partial charge in [0.25, 0.3) is 5.56 Å². The van der Waals surface area contributed by atoms with Gasteiger partial charge in [0.2, 0.25) is 5.91 Å². The van der Waals surface area contributed by atoms with Crippen molar-refractivity contribution in [2.45, 2.75) is 6.54 Å². The molecule has 0 unspecified atom stereocenters. The molecule has 0 aliphatic carbocycles. The highest BCUT2D eigenvalue weighted by Crippen LogP contribution is 2.27. The van der Waals surface area contributed by atoms with Crippen LogP contribution >= 0.6 is 34.8 Å². The molecule has 2 aromatic rings. The molecule has 8 heteroatoms. The zero-order chi connectivity index (χ0) is 16.3. The summed E-state index contributed by atoms with van der Waals surface area (Å²) in [5, 5.41) is 3.21. The first-order valence-electron chi connectivity index (χ1n) is 6.09. The van der Waals surface area contributed by atoms with Gasteiger partial charge in [-0.15, -0.1) is 0 Å². The Morgan fingerprint density at radius 3 is 2.59 bits per heavy atom. The fraction of sp³-hybridized carbons (Fsp3) is 0.143. The molecule has 0 atom stereocenters. The number of benzene rings is 1. The Morgan fingerprint density at radius 2 is 1.95 bits per heavy atom. The van der Waals surface area contributed by atoms with Gasteiger partial charge in [-0.3, -0.25) is 9.59 Å². The smallest absolute Gasteiger partial charge is 0.269 e. The number of pyridine rings is 1. The number of anilines is 1. The Hall–Kier alpha value is -1.69. The summed E-state index contributed by atoms with van der Waals surface area (Å²) in [7, 11) is 1.49. The van der Waals surface area contributed by atoms with E-state index in [1.165, 1.54) is 19.4 Å². The number of methoxy groups -OCH3 is 1. The molecular formula is C14H11Cl3N2O3. The van der Waals surface area contributed by atoms with E-state index in [4.69, 9.17) is 39.5 Å². The highest BCUT2D eigenvalue weighted by atomic mass is 35.5. The van der Waals surface area contributed by atoms with Gasteiger partial charge in [-0.25, -0.2) is 0 Å². The number of hydrogen-bond acceptors (Lipinski definition) is 3. The van der Waals surface area contributed by atoms with E-state index in [-0.39, 0.29) is 16.6 Å². The molecule has 5 nitrogen and oxygen atoms in total. The van der Waals surface area contributed by atoms with Crippen molar-refractivity contribution in [3.63, 3.8) is 0 Å². The molecule has 0 aliphatic heterocycles. The van der Waals surface area contributed by atoms with Crippen molar-refractivity contribution in [3.05, 3.63) is 55.9 Å². The molecule has 0 spiro atoms. The number of rotatable bonds is 4. The van der Waals surface area contributed by atoms with E-state index in [1.807, 2.05) is 0 Å². The Labute approximate surface area is 141 Å². The zero-order valence-corrected chi connectivity index (χ0v) is 13.7. The quantitative estimate of drug-likeness (QED) is 0.907. The van der Waals surface area contributed by atoms with Crippen molar-refractivity contribution >= 4 is 46.4 Å². The monoisotopic (exact) mass is 360 g/mol. The first-order chi connectivity index (χ1) is 10.4. The number of nitrogens with zero attached hydrogens (tertiary/aromatic N) is 1. The number of carbonyl (C=O) groups excluding carboxylic acids is 1. The fourth-order valence-electron chi connectivity index (χ4n) is 1.78. The molecule has 116 valence electrons. The van der Waals surface area contributed by atoms with Crippen molar-refractivity contribution in [3.8, 4) is 5.75 Å². The fourth-order valence-corrected chi connectivity index (χ4v) is 2.55. The van der Waals surface area contributed by atoms with Gasteiger partial charge in [0.05, 0.1) is 17.2 Å². The Balaban J connectivity index is 2.14. The van der Waals surface area contributed by atoms with E-state index in [2.05, 4.69) is 5.32 Å². The Morgan fingerprint density at radius 1 is 1.23 bits per heavy atom. The molecule has 1 heterocycles. The topological polar surface area (TPSA) is 60.3 Å². The van der Waals surface area contributed by atoms with Crippen molar-refractivity contribution in [2.75, 3.05) is 12.4 Å². The molecular weight excluding hydrogens is 351 g/mol. The molecule has 0 radical (unpaired) electrons. The standard InChI is InChI=1S/C14H11Cl3N2O3/c1-22-12-3-2-9(5-10(12)16)18-13(20)7-19-6-8(15)4-11(17)14(19)21/h2-6H,7H2,1H3,(H,18,20). The first-order valence-corrected chi connectivity index (χ1v) is 7.23. The molecule has 1 amide bonds. The molecule has 0 aliphatic rings. The van der Waals surface area contributed by atoms with E-state index < -0.39 is 11.5 Å². The lowest BCUT2D eigenvalue weighted by molar-refractivity contribution is -0.116. The molecule has 0 fully saturated rings. The minimum Gasteiger partial charge on any atom is -0.495 e. The minimum absolute atomic E-state index is 0.0483. The molecule has 1 aromatic heterocycles. The molecule has 0 bridgehead atoms. The number of carbonyl (C=O) groups is 1. The normalized spacial score (nSPS) is 10.4. The van der Waals surface area contributed by atoms with Gasteiger partial charge in [-0.2, -0.15) is 0 Å². The first kappa shape index (κ1) is 16.7. The van der Waals surface area contributed by atoms with Gasteiger partial charge in [0, 0.05) is 11.9 Å². The summed E-state index contributed by atoms with van der Waals surface area (Å²) in [4.78, 5) is 23.8. The van der Waals surface area contributed by atoms with Crippen LogP contribution in [0, 0.1) is 0 Å². The van der Waals surface area contributed by atoms with Crippen LogP contribution in [0.3, 0.4) is 0 Å². The summed E-state index contributed by atoms with van der Waals surface area (Å²) in [6.07, 6.45) is 1.34. The number of amides is 1. The van der Waals surface area contributed by atoms with E-state index in [0.717, 1.165) is 4.57 Å².